The molecule has 28 heavy (non-hydrogen) atoms. The lowest BCUT2D eigenvalue weighted by Gasteiger charge is -2.23. The number of amides is 2. The third-order valence-electron chi connectivity index (χ3n) is 4.24. The maximum absolute atomic E-state index is 12.9. The van der Waals surface area contributed by atoms with E-state index in [1.165, 1.54) is 24.3 Å². The maximum atomic E-state index is 12.9. The van der Waals surface area contributed by atoms with Crippen LogP contribution in [-0.2, 0) is 16.1 Å². The minimum absolute atomic E-state index is 0. The van der Waals surface area contributed by atoms with Crippen molar-refractivity contribution in [3.05, 3.63) is 65.5 Å². The molecule has 0 spiro atoms. The Labute approximate surface area is 169 Å². The first-order valence-electron chi connectivity index (χ1n) is 8.84. The van der Waals surface area contributed by atoms with Crippen molar-refractivity contribution in [2.75, 3.05) is 25.1 Å². The zero-order valence-corrected chi connectivity index (χ0v) is 16.1. The topological polar surface area (TPSA) is 79.5 Å². The molecule has 1 atom stereocenters. The van der Waals surface area contributed by atoms with Gasteiger partial charge < -0.3 is 20.7 Å². The fraction of sp³-hybridized carbons (Fsp3) is 0.300. The predicted molar refractivity (Wildman–Crippen MR) is 107 cm³/mol. The highest BCUT2D eigenvalue weighted by Crippen LogP contribution is 2.11. The summed E-state index contributed by atoms with van der Waals surface area (Å²) in [7, 11) is 0. The SMILES string of the molecule is Cl.O=C(CC1COCCN1)NCc1ccc(C(=O)Nc2ccc(F)cc2)cc1. The molecule has 1 fully saturated rings. The molecule has 3 N–H and O–H groups in total. The first kappa shape index (κ1) is 21.8. The van der Waals surface area contributed by atoms with E-state index in [2.05, 4.69) is 16.0 Å². The summed E-state index contributed by atoms with van der Waals surface area (Å²) in [5.74, 6) is -0.678. The number of ether oxygens (including phenoxy) is 1. The lowest BCUT2D eigenvalue weighted by molar-refractivity contribution is -0.122. The van der Waals surface area contributed by atoms with Gasteiger partial charge >= 0.3 is 0 Å². The number of hydrogen-bond acceptors (Lipinski definition) is 4. The highest BCUT2D eigenvalue weighted by atomic mass is 35.5. The van der Waals surface area contributed by atoms with E-state index < -0.39 is 0 Å². The van der Waals surface area contributed by atoms with Crippen LogP contribution < -0.4 is 16.0 Å². The van der Waals surface area contributed by atoms with Gasteiger partial charge in [-0.2, -0.15) is 0 Å². The van der Waals surface area contributed by atoms with Gasteiger partial charge in [-0.3, -0.25) is 9.59 Å². The molecule has 2 aromatic carbocycles. The Morgan fingerprint density at radius 2 is 1.82 bits per heavy atom. The molecule has 0 aliphatic carbocycles. The van der Waals surface area contributed by atoms with Gasteiger partial charge in [-0.05, 0) is 42.0 Å². The van der Waals surface area contributed by atoms with Gasteiger partial charge in [0.25, 0.3) is 5.91 Å². The zero-order valence-electron chi connectivity index (χ0n) is 15.2. The van der Waals surface area contributed by atoms with Crippen LogP contribution in [0.25, 0.3) is 0 Å². The number of anilines is 1. The molecule has 3 rings (SSSR count). The second-order valence-electron chi connectivity index (χ2n) is 6.36. The number of carbonyl (C=O) groups is 2. The van der Waals surface area contributed by atoms with Gasteiger partial charge in [0.05, 0.1) is 13.2 Å². The number of carbonyl (C=O) groups excluding carboxylic acids is 2. The van der Waals surface area contributed by atoms with Crippen molar-refractivity contribution in [2.24, 2.45) is 0 Å². The average molecular weight is 408 g/mol. The van der Waals surface area contributed by atoms with Crippen LogP contribution in [-0.4, -0.2) is 37.6 Å². The summed E-state index contributed by atoms with van der Waals surface area (Å²) < 4.78 is 18.2. The van der Waals surface area contributed by atoms with Crippen molar-refractivity contribution in [1.29, 1.82) is 0 Å². The van der Waals surface area contributed by atoms with E-state index in [-0.39, 0.29) is 36.1 Å². The fourth-order valence-electron chi connectivity index (χ4n) is 2.76. The van der Waals surface area contributed by atoms with E-state index in [1.54, 1.807) is 24.3 Å². The van der Waals surface area contributed by atoms with E-state index in [4.69, 9.17) is 4.74 Å². The maximum Gasteiger partial charge on any atom is 0.255 e. The summed E-state index contributed by atoms with van der Waals surface area (Å²) in [6, 6.07) is 12.6. The Balaban J connectivity index is 0.00000280. The van der Waals surface area contributed by atoms with Crippen molar-refractivity contribution < 1.29 is 18.7 Å². The monoisotopic (exact) mass is 407 g/mol. The average Bonchev–Trinajstić information content (AvgIpc) is 2.69. The van der Waals surface area contributed by atoms with E-state index in [0.29, 0.717) is 37.4 Å². The molecule has 8 heteroatoms. The molecule has 6 nitrogen and oxygen atoms in total. The van der Waals surface area contributed by atoms with Gasteiger partial charge in [0.15, 0.2) is 0 Å². The van der Waals surface area contributed by atoms with Crippen molar-refractivity contribution >= 4 is 29.9 Å². The molecular formula is C20H23ClFN3O3. The van der Waals surface area contributed by atoms with Crippen LogP contribution in [0.3, 0.4) is 0 Å². The second-order valence-corrected chi connectivity index (χ2v) is 6.36. The van der Waals surface area contributed by atoms with E-state index in [1.807, 2.05) is 0 Å². The number of benzene rings is 2. The molecule has 1 aliphatic rings. The Kier molecular flexibility index (Phi) is 8.38. The van der Waals surface area contributed by atoms with Crippen LogP contribution >= 0.6 is 12.4 Å². The molecule has 0 saturated carbocycles. The van der Waals surface area contributed by atoms with Crippen LogP contribution in [0.15, 0.2) is 48.5 Å². The Hall–Kier alpha value is -2.48. The molecule has 1 unspecified atom stereocenters. The number of rotatable bonds is 6. The van der Waals surface area contributed by atoms with Crippen molar-refractivity contribution in [2.45, 2.75) is 19.0 Å². The molecule has 0 aromatic heterocycles. The van der Waals surface area contributed by atoms with Gasteiger partial charge in [0.2, 0.25) is 5.91 Å². The van der Waals surface area contributed by atoms with Crippen LogP contribution in [0.5, 0.6) is 0 Å². The van der Waals surface area contributed by atoms with E-state index in [9.17, 15) is 14.0 Å². The smallest absolute Gasteiger partial charge is 0.255 e. The Bertz CT molecular complexity index is 778. The highest BCUT2D eigenvalue weighted by Gasteiger charge is 2.16. The van der Waals surface area contributed by atoms with Gasteiger partial charge in [0, 0.05) is 36.8 Å². The van der Waals surface area contributed by atoms with Crippen molar-refractivity contribution in [1.82, 2.24) is 10.6 Å². The quantitative estimate of drug-likeness (QED) is 0.687. The van der Waals surface area contributed by atoms with Gasteiger partial charge in [-0.25, -0.2) is 4.39 Å². The summed E-state index contributed by atoms with van der Waals surface area (Å²) in [5.41, 5.74) is 1.91. The molecular weight excluding hydrogens is 385 g/mol. The number of nitrogens with one attached hydrogen (secondary N) is 3. The minimum atomic E-state index is -0.355. The van der Waals surface area contributed by atoms with Crippen LogP contribution in [0.4, 0.5) is 10.1 Å². The largest absolute Gasteiger partial charge is 0.378 e. The summed E-state index contributed by atoms with van der Waals surface area (Å²) in [6.45, 7) is 2.39. The zero-order chi connectivity index (χ0) is 19.1. The first-order chi connectivity index (χ1) is 13.1. The normalized spacial score (nSPS) is 16.0. The van der Waals surface area contributed by atoms with E-state index in [0.717, 1.165) is 12.1 Å². The summed E-state index contributed by atoms with van der Waals surface area (Å²) in [4.78, 5) is 24.2. The van der Waals surface area contributed by atoms with Crippen LogP contribution in [0.2, 0.25) is 0 Å². The Morgan fingerprint density at radius 3 is 2.46 bits per heavy atom. The molecule has 2 amide bonds. The molecule has 150 valence electrons. The third kappa shape index (κ3) is 6.60. The molecule has 0 bridgehead atoms. The minimum Gasteiger partial charge on any atom is -0.378 e. The number of halogens is 2. The van der Waals surface area contributed by atoms with Crippen molar-refractivity contribution in [3.63, 3.8) is 0 Å². The standard InChI is InChI=1S/C20H22FN3O3.ClH/c21-16-5-7-17(8-6-16)24-20(26)15-3-1-14(2-4-15)12-23-19(25)11-18-13-27-10-9-22-18;/h1-8,18,22H,9-13H2,(H,23,25)(H,24,26);1H. The molecule has 1 saturated heterocycles. The number of morpholine rings is 1. The number of hydrogen-bond donors (Lipinski definition) is 3. The van der Waals surface area contributed by atoms with Crippen LogP contribution in [0, 0.1) is 5.82 Å². The summed E-state index contributed by atoms with van der Waals surface area (Å²) in [6.07, 6.45) is 0.373. The van der Waals surface area contributed by atoms with Gasteiger partial charge in [-0.15, -0.1) is 12.4 Å². The molecule has 0 radical (unpaired) electrons. The van der Waals surface area contributed by atoms with Gasteiger partial charge in [-0.1, -0.05) is 12.1 Å². The molecule has 1 aliphatic heterocycles. The fourth-order valence-corrected chi connectivity index (χ4v) is 2.76. The second kappa shape index (κ2) is 10.8. The summed E-state index contributed by atoms with van der Waals surface area (Å²) >= 11 is 0. The third-order valence-corrected chi connectivity index (χ3v) is 4.24. The summed E-state index contributed by atoms with van der Waals surface area (Å²) in [5, 5.41) is 8.82. The van der Waals surface area contributed by atoms with Crippen LogP contribution in [0.1, 0.15) is 22.3 Å². The van der Waals surface area contributed by atoms with E-state index >= 15 is 0 Å². The lowest BCUT2D eigenvalue weighted by atomic mass is 10.1. The molecule has 2 aromatic rings. The Morgan fingerprint density at radius 1 is 1.11 bits per heavy atom. The predicted octanol–water partition coefficient (Wildman–Crippen LogP) is 2.49. The lowest BCUT2D eigenvalue weighted by Crippen LogP contribution is -2.44. The van der Waals surface area contributed by atoms with Crippen molar-refractivity contribution in [3.8, 4) is 0 Å². The van der Waals surface area contributed by atoms with Gasteiger partial charge in [0.1, 0.15) is 5.82 Å². The first-order valence-corrected chi connectivity index (χ1v) is 8.84. The molecule has 1 heterocycles. The highest BCUT2D eigenvalue weighted by molar-refractivity contribution is 6.04.